The van der Waals surface area contributed by atoms with Crippen LogP contribution in [-0.4, -0.2) is 22.5 Å². The molecule has 6 nitrogen and oxygen atoms in total. The number of hydrogen-bond donors (Lipinski definition) is 2. The molecule has 0 saturated carbocycles. The first-order valence-electron chi connectivity index (χ1n) is 11.2. The van der Waals surface area contributed by atoms with E-state index in [0.29, 0.717) is 17.0 Å². The zero-order chi connectivity index (χ0) is 24.1. The fourth-order valence-corrected chi connectivity index (χ4v) is 3.71. The first-order valence-corrected chi connectivity index (χ1v) is 11.2. The number of aromatic nitrogens is 1. The number of nitrogens with one attached hydrogen (secondary N) is 2. The number of rotatable bonds is 6. The summed E-state index contributed by atoms with van der Waals surface area (Å²) >= 11 is 0. The number of carbonyl (C=O) groups excluding carboxylic acids is 2. The number of amides is 2. The predicted octanol–water partition coefficient (Wildman–Crippen LogP) is 5.58. The number of fused-ring (bicyclic) bond motifs is 1. The zero-order valence-electron chi connectivity index (χ0n) is 19.4. The Hall–Kier alpha value is -4.32. The molecule has 170 valence electrons. The molecule has 4 rings (SSSR count). The highest BCUT2D eigenvalue weighted by Gasteiger charge is 2.14. The molecule has 1 aromatic heterocycles. The summed E-state index contributed by atoms with van der Waals surface area (Å²) in [4.78, 5) is 29.3. The van der Waals surface area contributed by atoms with Gasteiger partial charge in [0.05, 0.1) is 22.5 Å². The molecule has 3 aromatic carbocycles. The number of pyridine rings is 1. The van der Waals surface area contributed by atoms with E-state index in [-0.39, 0.29) is 11.8 Å². The van der Waals surface area contributed by atoms with Crippen LogP contribution in [0.25, 0.3) is 22.2 Å². The monoisotopic (exact) mass is 450 g/mol. The summed E-state index contributed by atoms with van der Waals surface area (Å²) in [5, 5.41) is 7.82. The minimum absolute atomic E-state index is 0.148. The van der Waals surface area contributed by atoms with E-state index < -0.39 is 0 Å². The van der Waals surface area contributed by atoms with Gasteiger partial charge in [-0.15, -0.1) is 0 Å². The molecule has 0 fully saturated rings. The Morgan fingerprint density at radius 3 is 2.41 bits per heavy atom. The second kappa shape index (κ2) is 10.1. The number of anilines is 1. The van der Waals surface area contributed by atoms with Crippen molar-refractivity contribution in [1.29, 1.82) is 0 Å². The third-order valence-corrected chi connectivity index (χ3v) is 5.54. The molecule has 2 amide bonds. The highest BCUT2D eigenvalue weighted by atomic mass is 16.2. The number of nitrogens with zero attached hydrogens (tertiary/aromatic N) is 2. The molecule has 6 heteroatoms. The van der Waals surface area contributed by atoms with Crippen molar-refractivity contribution in [1.82, 2.24) is 10.4 Å². The van der Waals surface area contributed by atoms with Gasteiger partial charge in [0.15, 0.2) is 0 Å². The molecule has 4 aromatic rings. The quantitative estimate of drug-likeness (QED) is 0.297. The van der Waals surface area contributed by atoms with E-state index in [4.69, 9.17) is 4.98 Å². The maximum atomic E-state index is 13.2. The topological polar surface area (TPSA) is 83.5 Å². The summed E-state index contributed by atoms with van der Waals surface area (Å²) in [6.07, 6.45) is 0.962. The zero-order valence-corrected chi connectivity index (χ0v) is 19.4. The Labute approximate surface area is 198 Å². The number of hydrogen-bond acceptors (Lipinski definition) is 4. The van der Waals surface area contributed by atoms with E-state index in [2.05, 4.69) is 34.9 Å². The van der Waals surface area contributed by atoms with E-state index >= 15 is 0 Å². The molecule has 0 atom stereocenters. The third-order valence-electron chi connectivity index (χ3n) is 5.54. The van der Waals surface area contributed by atoms with Crippen molar-refractivity contribution >= 4 is 34.1 Å². The second-order valence-corrected chi connectivity index (χ2v) is 8.02. The normalized spacial score (nSPS) is 11.3. The Morgan fingerprint density at radius 1 is 0.912 bits per heavy atom. The fourth-order valence-electron chi connectivity index (χ4n) is 3.71. The summed E-state index contributed by atoms with van der Waals surface area (Å²) in [5.41, 5.74) is 8.94. The van der Waals surface area contributed by atoms with Crippen molar-refractivity contribution in [3.05, 3.63) is 95.6 Å². The van der Waals surface area contributed by atoms with E-state index in [0.717, 1.165) is 34.1 Å². The lowest BCUT2D eigenvalue weighted by Crippen LogP contribution is -2.20. The molecule has 0 aliphatic heterocycles. The molecule has 34 heavy (non-hydrogen) atoms. The minimum atomic E-state index is -0.317. The SMILES string of the molecule is CCc1ccc(-c2cc(C(=O)NN=C(C)c3cccc(NC(C)=O)c3)c3ccccc3n2)cc1. The van der Waals surface area contributed by atoms with Gasteiger partial charge in [0.25, 0.3) is 5.91 Å². The van der Waals surface area contributed by atoms with Gasteiger partial charge in [-0.1, -0.05) is 61.5 Å². The first kappa shape index (κ1) is 22.9. The smallest absolute Gasteiger partial charge is 0.272 e. The summed E-state index contributed by atoms with van der Waals surface area (Å²) in [5.74, 6) is -0.466. The van der Waals surface area contributed by atoms with Gasteiger partial charge in [0, 0.05) is 23.6 Å². The molecule has 0 radical (unpaired) electrons. The van der Waals surface area contributed by atoms with Crippen LogP contribution in [0.4, 0.5) is 5.69 Å². The standard InChI is InChI=1S/C28H26N4O2/c1-4-20-12-14-21(15-13-20)27-17-25(24-10-5-6-11-26(24)30-27)28(34)32-31-18(2)22-8-7-9-23(16-22)29-19(3)33/h5-17H,4H2,1-3H3,(H,29,33)(H,32,34). The van der Waals surface area contributed by atoms with Crippen LogP contribution in [0.15, 0.2) is 84.0 Å². The van der Waals surface area contributed by atoms with Crippen LogP contribution in [-0.2, 0) is 11.2 Å². The van der Waals surface area contributed by atoms with Gasteiger partial charge >= 0.3 is 0 Å². The highest BCUT2D eigenvalue weighted by Crippen LogP contribution is 2.25. The van der Waals surface area contributed by atoms with E-state index in [1.165, 1.54) is 12.5 Å². The molecule has 0 saturated heterocycles. The lowest BCUT2D eigenvalue weighted by atomic mass is 10.0. The van der Waals surface area contributed by atoms with Gasteiger partial charge in [-0.05, 0) is 48.7 Å². The van der Waals surface area contributed by atoms with Gasteiger partial charge in [-0.25, -0.2) is 10.4 Å². The molecule has 0 bridgehead atoms. The number of carbonyl (C=O) groups is 2. The number of hydrazone groups is 1. The lowest BCUT2D eigenvalue weighted by molar-refractivity contribution is -0.114. The summed E-state index contributed by atoms with van der Waals surface area (Å²) in [7, 11) is 0. The number of aryl methyl sites for hydroxylation is 1. The van der Waals surface area contributed by atoms with Crippen molar-refractivity contribution in [2.75, 3.05) is 5.32 Å². The fraction of sp³-hybridized carbons (Fsp3) is 0.143. The molecule has 2 N–H and O–H groups in total. The maximum Gasteiger partial charge on any atom is 0.272 e. The van der Waals surface area contributed by atoms with Gasteiger partial charge in [-0.3, -0.25) is 9.59 Å². The molecule has 0 aliphatic rings. The Bertz CT molecular complexity index is 1390. The third kappa shape index (κ3) is 5.18. The first-order chi connectivity index (χ1) is 16.4. The predicted molar refractivity (Wildman–Crippen MR) is 137 cm³/mol. The van der Waals surface area contributed by atoms with E-state index in [1.807, 2.05) is 54.6 Å². The van der Waals surface area contributed by atoms with Crippen molar-refractivity contribution in [2.24, 2.45) is 5.10 Å². The van der Waals surface area contributed by atoms with E-state index in [1.54, 1.807) is 19.1 Å². The molecule has 1 heterocycles. The van der Waals surface area contributed by atoms with Crippen molar-refractivity contribution in [3.8, 4) is 11.3 Å². The molecule has 0 unspecified atom stereocenters. The van der Waals surface area contributed by atoms with Crippen LogP contribution < -0.4 is 10.7 Å². The number of para-hydroxylation sites is 1. The summed E-state index contributed by atoms with van der Waals surface area (Å²) in [6.45, 7) is 5.38. The highest BCUT2D eigenvalue weighted by molar-refractivity contribution is 6.08. The minimum Gasteiger partial charge on any atom is -0.326 e. The molecular weight excluding hydrogens is 424 g/mol. The van der Waals surface area contributed by atoms with Crippen LogP contribution in [0.5, 0.6) is 0 Å². The average Bonchev–Trinajstić information content (AvgIpc) is 2.86. The van der Waals surface area contributed by atoms with Crippen LogP contribution >= 0.6 is 0 Å². The Kier molecular flexibility index (Phi) is 6.78. The van der Waals surface area contributed by atoms with Crippen molar-refractivity contribution in [3.63, 3.8) is 0 Å². The van der Waals surface area contributed by atoms with Crippen molar-refractivity contribution < 1.29 is 9.59 Å². The van der Waals surface area contributed by atoms with Gasteiger partial charge in [-0.2, -0.15) is 5.10 Å². The molecule has 0 spiro atoms. The Morgan fingerprint density at radius 2 is 1.68 bits per heavy atom. The summed E-state index contributed by atoms with van der Waals surface area (Å²) in [6, 6.07) is 24.9. The lowest BCUT2D eigenvalue weighted by Gasteiger charge is -2.10. The largest absolute Gasteiger partial charge is 0.326 e. The van der Waals surface area contributed by atoms with E-state index in [9.17, 15) is 9.59 Å². The molecular formula is C28H26N4O2. The van der Waals surface area contributed by atoms with Gasteiger partial charge in [0.1, 0.15) is 0 Å². The Balaban J connectivity index is 1.64. The molecule has 0 aliphatic carbocycles. The van der Waals surface area contributed by atoms with Gasteiger partial charge < -0.3 is 5.32 Å². The second-order valence-electron chi connectivity index (χ2n) is 8.02. The van der Waals surface area contributed by atoms with Crippen LogP contribution in [0.2, 0.25) is 0 Å². The number of benzene rings is 3. The summed E-state index contributed by atoms with van der Waals surface area (Å²) < 4.78 is 0. The van der Waals surface area contributed by atoms with Crippen molar-refractivity contribution in [2.45, 2.75) is 27.2 Å². The average molecular weight is 451 g/mol. The van der Waals surface area contributed by atoms with Crippen LogP contribution in [0, 0.1) is 0 Å². The van der Waals surface area contributed by atoms with Gasteiger partial charge in [0.2, 0.25) is 5.91 Å². The van der Waals surface area contributed by atoms with Crippen LogP contribution in [0.1, 0.15) is 42.3 Å². The van der Waals surface area contributed by atoms with Crippen LogP contribution in [0.3, 0.4) is 0 Å². The maximum absolute atomic E-state index is 13.2.